The van der Waals surface area contributed by atoms with E-state index in [4.69, 9.17) is 9.72 Å². The molecule has 2 aliphatic carbocycles. The number of amides is 1. The Morgan fingerprint density at radius 1 is 1.12 bits per heavy atom. The molecule has 4 unspecified atom stereocenters. The van der Waals surface area contributed by atoms with Crippen molar-refractivity contribution in [3.8, 4) is 5.75 Å². The summed E-state index contributed by atoms with van der Waals surface area (Å²) in [5, 5.41) is 3.33. The fourth-order valence-electron chi connectivity index (χ4n) is 8.26. The van der Waals surface area contributed by atoms with Crippen molar-refractivity contribution in [3.63, 3.8) is 0 Å². The molecular formula is C34H48N6O3. The largest absolute Gasteiger partial charge is 0.495 e. The lowest BCUT2D eigenvalue weighted by molar-refractivity contribution is -0.120. The molecule has 0 bridgehead atoms. The van der Waals surface area contributed by atoms with Crippen molar-refractivity contribution in [2.24, 2.45) is 17.8 Å². The molecule has 0 spiro atoms. The number of methoxy groups -OCH3 is 1. The zero-order chi connectivity index (χ0) is 30.1. The van der Waals surface area contributed by atoms with Crippen LogP contribution in [0.25, 0.3) is 0 Å². The van der Waals surface area contributed by atoms with Crippen LogP contribution >= 0.6 is 0 Å². The number of Topliss-reactive ketones (excluding diaryl/α,β-unsaturated/α-hetero) is 1. The van der Waals surface area contributed by atoms with E-state index in [1.165, 1.54) is 45.2 Å². The van der Waals surface area contributed by atoms with Crippen LogP contribution < -0.4 is 19.9 Å². The number of nitrogens with zero attached hydrogens (tertiary/aromatic N) is 5. The van der Waals surface area contributed by atoms with Crippen LogP contribution in [0.15, 0.2) is 24.4 Å². The number of likely N-dealkylation sites (tertiary alicyclic amines) is 1. The number of benzene rings is 1. The van der Waals surface area contributed by atoms with Gasteiger partial charge in [0.05, 0.1) is 19.0 Å². The summed E-state index contributed by atoms with van der Waals surface area (Å²) in [6, 6.07) is 5.67. The predicted molar refractivity (Wildman–Crippen MR) is 171 cm³/mol. The number of hydrogen-bond donors (Lipinski definition) is 1. The molecular weight excluding hydrogens is 540 g/mol. The first-order valence-electron chi connectivity index (χ1n) is 16.5. The van der Waals surface area contributed by atoms with Crippen molar-refractivity contribution in [2.45, 2.75) is 89.6 Å². The molecule has 4 atom stereocenters. The molecule has 2 aliphatic heterocycles. The molecule has 6 rings (SSSR count). The Kier molecular flexibility index (Phi) is 8.89. The van der Waals surface area contributed by atoms with Crippen molar-refractivity contribution in [1.82, 2.24) is 14.9 Å². The van der Waals surface area contributed by atoms with Crippen LogP contribution in [0.1, 0.15) is 87.9 Å². The number of piperidine rings is 1. The summed E-state index contributed by atoms with van der Waals surface area (Å²) in [4.78, 5) is 42.3. The summed E-state index contributed by atoms with van der Waals surface area (Å²) in [5.74, 6) is 4.60. The minimum Gasteiger partial charge on any atom is -0.495 e. The van der Waals surface area contributed by atoms with Gasteiger partial charge >= 0.3 is 0 Å². The molecule has 1 amide bonds. The Labute approximate surface area is 256 Å². The van der Waals surface area contributed by atoms with Gasteiger partial charge in [-0.05, 0) is 101 Å². The molecule has 9 nitrogen and oxygen atoms in total. The third-order valence-electron chi connectivity index (χ3n) is 10.6. The molecule has 1 N–H and O–H groups in total. The van der Waals surface area contributed by atoms with E-state index >= 15 is 0 Å². The van der Waals surface area contributed by atoms with Gasteiger partial charge in [-0.1, -0.05) is 19.8 Å². The first-order chi connectivity index (χ1) is 20.9. The number of nitrogens with one attached hydrogen (secondary N) is 1. The van der Waals surface area contributed by atoms with Crippen LogP contribution in [0.2, 0.25) is 0 Å². The van der Waals surface area contributed by atoms with Crippen LogP contribution in [0.3, 0.4) is 0 Å². The Hall–Kier alpha value is -3.20. The second-order valence-electron chi connectivity index (χ2n) is 13.3. The minimum absolute atomic E-state index is 0.0993. The molecule has 43 heavy (non-hydrogen) atoms. The normalized spacial score (nSPS) is 26.0. The molecule has 2 aromatic rings. The lowest BCUT2D eigenvalue weighted by Gasteiger charge is -2.43. The Morgan fingerprint density at radius 2 is 1.91 bits per heavy atom. The average molecular weight is 589 g/mol. The van der Waals surface area contributed by atoms with Gasteiger partial charge in [0.1, 0.15) is 17.5 Å². The average Bonchev–Trinajstić information content (AvgIpc) is 3.69. The van der Waals surface area contributed by atoms with E-state index in [0.29, 0.717) is 35.4 Å². The van der Waals surface area contributed by atoms with Crippen molar-refractivity contribution < 1.29 is 14.3 Å². The summed E-state index contributed by atoms with van der Waals surface area (Å²) in [5.41, 5.74) is 2.12. The molecule has 3 fully saturated rings. The van der Waals surface area contributed by atoms with E-state index in [1.54, 1.807) is 18.2 Å². The monoisotopic (exact) mass is 588 g/mol. The highest BCUT2D eigenvalue weighted by Gasteiger charge is 2.41. The number of rotatable bonds is 10. The van der Waals surface area contributed by atoms with Crippen molar-refractivity contribution in [3.05, 3.63) is 30.0 Å². The van der Waals surface area contributed by atoms with Gasteiger partial charge in [0.15, 0.2) is 11.6 Å². The summed E-state index contributed by atoms with van der Waals surface area (Å²) >= 11 is 0. The minimum atomic E-state index is -0.220. The van der Waals surface area contributed by atoms with Crippen molar-refractivity contribution in [2.75, 3.05) is 49.4 Å². The first kappa shape index (κ1) is 29.9. The van der Waals surface area contributed by atoms with E-state index in [2.05, 4.69) is 34.1 Å². The van der Waals surface area contributed by atoms with Gasteiger partial charge in [-0.25, -0.2) is 4.98 Å². The summed E-state index contributed by atoms with van der Waals surface area (Å²) in [7, 11) is 5.67. The van der Waals surface area contributed by atoms with Gasteiger partial charge < -0.3 is 24.8 Å². The van der Waals surface area contributed by atoms with Crippen LogP contribution in [0, 0.1) is 17.8 Å². The molecule has 9 heteroatoms. The summed E-state index contributed by atoms with van der Waals surface area (Å²) in [6.45, 7) is 4.54. The lowest BCUT2D eigenvalue weighted by Crippen LogP contribution is -2.55. The van der Waals surface area contributed by atoms with Gasteiger partial charge in [-0.2, -0.15) is 4.98 Å². The zero-order valence-corrected chi connectivity index (χ0v) is 26.3. The van der Waals surface area contributed by atoms with Crippen LogP contribution in [0.5, 0.6) is 5.75 Å². The highest BCUT2D eigenvalue weighted by atomic mass is 16.5. The maximum Gasteiger partial charge on any atom is 0.249 e. The zero-order valence-electron chi connectivity index (χ0n) is 26.3. The number of ether oxygens (including phenoxy) is 1. The molecule has 0 radical (unpaired) electrons. The number of ketones is 1. The van der Waals surface area contributed by atoms with E-state index in [0.717, 1.165) is 61.4 Å². The van der Waals surface area contributed by atoms with Gasteiger partial charge in [0.25, 0.3) is 0 Å². The SMILES string of the molecule is CCC1C(=O)N(C)c2cnc(Nc3ccc(C(=O)CCCC4CC5CCN(C)CC5C4)cc3OC)nc2N1C1CCCC1. The van der Waals surface area contributed by atoms with Crippen molar-refractivity contribution >= 4 is 34.8 Å². The Balaban J connectivity index is 1.12. The van der Waals surface area contributed by atoms with Gasteiger partial charge in [-0.15, -0.1) is 0 Å². The second kappa shape index (κ2) is 12.8. The highest BCUT2D eigenvalue weighted by molar-refractivity contribution is 6.04. The van der Waals surface area contributed by atoms with Crippen LogP contribution in [-0.4, -0.2) is 72.9 Å². The molecule has 4 aliphatic rings. The topological polar surface area (TPSA) is 90.9 Å². The van der Waals surface area contributed by atoms with E-state index in [9.17, 15) is 9.59 Å². The molecule has 1 aromatic heterocycles. The first-order valence-corrected chi connectivity index (χ1v) is 16.5. The van der Waals surface area contributed by atoms with Crippen LogP contribution in [0.4, 0.5) is 23.1 Å². The van der Waals surface area contributed by atoms with Gasteiger partial charge in [0.2, 0.25) is 11.9 Å². The molecule has 1 aromatic carbocycles. The Bertz CT molecular complexity index is 1330. The number of hydrogen-bond acceptors (Lipinski definition) is 8. The second-order valence-corrected chi connectivity index (χ2v) is 13.3. The number of likely N-dealkylation sites (N-methyl/N-ethyl adjacent to an activating group) is 1. The third-order valence-corrected chi connectivity index (χ3v) is 10.6. The summed E-state index contributed by atoms with van der Waals surface area (Å²) < 4.78 is 5.70. The van der Waals surface area contributed by atoms with Gasteiger partial charge in [0, 0.05) is 31.6 Å². The lowest BCUT2D eigenvalue weighted by atomic mass is 9.89. The number of anilines is 4. The maximum absolute atomic E-state index is 13.2. The fraction of sp³-hybridized carbons (Fsp3) is 0.647. The maximum atomic E-state index is 13.2. The smallest absolute Gasteiger partial charge is 0.249 e. The molecule has 1 saturated heterocycles. The summed E-state index contributed by atoms with van der Waals surface area (Å²) in [6.07, 6.45) is 13.6. The predicted octanol–water partition coefficient (Wildman–Crippen LogP) is 6.06. The molecule has 2 saturated carbocycles. The molecule has 232 valence electrons. The van der Waals surface area contributed by atoms with Crippen molar-refractivity contribution in [1.29, 1.82) is 0 Å². The number of carbonyl (C=O) groups excluding carboxylic acids is 2. The van der Waals surface area contributed by atoms with Gasteiger partial charge in [-0.3, -0.25) is 9.59 Å². The van der Waals surface area contributed by atoms with E-state index < -0.39 is 0 Å². The standard InChI is InChI=1S/C34H48N6O3/c1-5-28-33(42)39(3)29-20-35-34(37-32(29)40(28)26-10-6-7-11-26)36-27-14-13-24(19-31(27)43-4)30(41)12-8-9-22-17-23-15-16-38(2)21-25(23)18-22/h13-14,19-20,22-23,25-26,28H,5-12,15-18,21H2,1-4H3,(H,35,36,37). The van der Waals surface area contributed by atoms with E-state index in [1.807, 2.05) is 25.2 Å². The quantitative estimate of drug-likeness (QED) is 0.335. The Morgan fingerprint density at radius 3 is 2.67 bits per heavy atom. The van der Waals surface area contributed by atoms with E-state index in [-0.39, 0.29) is 17.7 Å². The highest BCUT2D eigenvalue weighted by Crippen LogP contribution is 2.43. The molecule has 3 heterocycles. The number of aromatic nitrogens is 2. The third kappa shape index (κ3) is 6.10. The number of fused-ring (bicyclic) bond motifs is 2. The van der Waals surface area contributed by atoms with Crippen LogP contribution in [-0.2, 0) is 4.79 Å². The fourth-order valence-corrected chi connectivity index (χ4v) is 8.26. The number of carbonyl (C=O) groups is 2.